The standard InChI is InChI=1S/C25H29N3O4/c1-5-17-6-8-18(9-7-17)22(29)10-11-23(30)27-24(25-26-12-13-28(25)2)19-14-20(31-3)16-21(15-19)32-4/h6-9,12-16,24H,5,10-11H2,1-4H3,(H,27,30). The minimum Gasteiger partial charge on any atom is -0.497 e. The van der Waals surface area contributed by atoms with Gasteiger partial charge in [0.15, 0.2) is 5.78 Å². The molecule has 0 aliphatic rings. The van der Waals surface area contributed by atoms with Crippen LogP contribution >= 0.6 is 0 Å². The van der Waals surface area contributed by atoms with Gasteiger partial charge in [-0.15, -0.1) is 0 Å². The predicted molar refractivity (Wildman–Crippen MR) is 122 cm³/mol. The van der Waals surface area contributed by atoms with Crippen molar-refractivity contribution in [3.63, 3.8) is 0 Å². The van der Waals surface area contributed by atoms with Gasteiger partial charge < -0.3 is 19.4 Å². The van der Waals surface area contributed by atoms with Crippen LogP contribution in [0.15, 0.2) is 54.9 Å². The van der Waals surface area contributed by atoms with Gasteiger partial charge in [-0.3, -0.25) is 9.59 Å². The average Bonchev–Trinajstić information content (AvgIpc) is 3.25. The van der Waals surface area contributed by atoms with Crippen LogP contribution in [0.2, 0.25) is 0 Å². The monoisotopic (exact) mass is 435 g/mol. The third-order valence-electron chi connectivity index (χ3n) is 5.39. The van der Waals surface area contributed by atoms with Crippen molar-refractivity contribution in [3.8, 4) is 11.5 Å². The minimum absolute atomic E-state index is 0.0561. The van der Waals surface area contributed by atoms with Gasteiger partial charge in [0.2, 0.25) is 5.91 Å². The van der Waals surface area contributed by atoms with Crippen molar-refractivity contribution in [2.24, 2.45) is 7.05 Å². The maximum atomic E-state index is 12.8. The highest BCUT2D eigenvalue weighted by molar-refractivity contribution is 5.98. The number of nitrogens with one attached hydrogen (secondary N) is 1. The molecule has 0 saturated carbocycles. The van der Waals surface area contributed by atoms with Gasteiger partial charge >= 0.3 is 0 Å². The highest BCUT2D eigenvalue weighted by Gasteiger charge is 2.23. The second kappa shape index (κ2) is 10.6. The number of ketones is 1. The Morgan fingerprint density at radius 3 is 2.22 bits per heavy atom. The summed E-state index contributed by atoms with van der Waals surface area (Å²) in [6, 6.07) is 12.4. The number of amides is 1. The Morgan fingerprint density at radius 1 is 1.03 bits per heavy atom. The van der Waals surface area contributed by atoms with Crippen LogP contribution in [0.4, 0.5) is 0 Å². The van der Waals surface area contributed by atoms with E-state index in [2.05, 4.69) is 17.2 Å². The summed E-state index contributed by atoms with van der Waals surface area (Å²) in [6.07, 6.45) is 4.62. The molecule has 1 unspecified atom stereocenters. The molecule has 0 aliphatic carbocycles. The molecule has 1 heterocycles. The lowest BCUT2D eigenvalue weighted by molar-refractivity contribution is -0.121. The Labute approximate surface area is 188 Å². The number of benzene rings is 2. The number of rotatable bonds is 10. The van der Waals surface area contributed by atoms with E-state index in [0.29, 0.717) is 22.9 Å². The molecule has 0 aliphatic heterocycles. The van der Waals surface area contributed by atoms with E-state index in [1.807, 2.05) is 54.2 Å². The molecular formula is C25H29N3O4. The Balaban J connectivity index is 1.76. The topological polar surface area (TPSA) is 82.5 Å². The number of carbonyl (C=O) groups is 2. The van der Waals surface area contributed by atoms with Gasteiger partial charge in [-0.25, -0.2) is 4.98 Å². The number of imidazole rings is 1. The summed E-state index contributed by atoms with van der Waals surface area (Å²) >= 11 is 0. The summed E-state index contributed by atoms with van der Waals surface area (Å²) in [5.74, 6) is 1.59. The van der Waals surface area contributed by atoms with Crippen molar-refractivity contribution in [1.29, 1.82) is 0 Å². The minimum atomic E-state index is -0.523. The number of carbonyl (C=O) groups excluding carboxylic acids is 2. The maximum absolute atomic E-state index is 12.8. The van der Waals surface area contributed by atoms with Gasteiger partial charge in [0.05, 0.1) is 14.2 Å². The Bertz CT molecular complexity index is 1050. The Morgan fingerprint density at radius 2 is 1.69 bits per heavy atom. The number of hydrogen-bond donors (Lipinski definition) is 1. The second-order valence-electron chi connectivity index (χ2n) is 7.52. The molecule has 1 aromatic heterocycles. The zero-order valence-corrected chi connectivity index (χ0v) is 18.9. The fourth-order valence-electron chi connectivity index (χ4n) is 3.48. The normalized spacial score (nSPS) is 11.6. The van der Waals surface area contributed by atoms with Crippen molar-refractivity contribution in [2.45, 2.75) is 32.2 Å². The summed E-state index contributed by atoms with van der Waals surface area (Å²) in [5, 5.41) is 3.02. The lowest BCUT2D eigenvalue weighted by Crippen LogP contribution is -2.31. The molecule has 7 nitrogen and oxygen atoms in total. The van der Waals surface area contributed by atoms with Crippen molar-refractivity contribution < 1.29 is 19.1 Å². The molecule has 1 N–H and O–H groups in total. The van der Waals surface area contributed by atoms with E-state index in [0.717, 1.165) is 12.0 Å². The first-order chi connectivity index (χ1) is 15.4. The molecule has 3 rings (SSSR count). The van der Waals surface area contributed by atoms with E-state index in [9.17, 15) is 9.59 Å². The first-order valence-electron chi connectivity index (χ1n) is 10.6. The third-order valence-corrected chi connectivity index (χ3v) is 5.39. The van der Waals surface area contributed by atoms with Crippen LogP contribution in [0.3, 0.4) is 0 Å². The van der Waals surface area contributed by atoms with Gasteiger partial charge in [-0.05, 0) is 29.7 Å². The number of methoxy groups -OCH3 is 2. The molecule has 0 spiro atoms. The summed E-state index contributed by atoms with van der Waals surface area (Å²) in [5.41, 5.74) is 2.56. The summed E-state index contributed by atoms with van der Waals surface area (Å²) in [4.78, 5) is 29.8. The Hall–Kier alpha value is -3.61. The molecule has 1 atom stereocenters. The van der Waals surface area contributed by atoms with Crippen molar-refractivity contribution in [3.05, 3.63) is 77.4 Å². The van der Waals surface area contributed by atoms with Crippen LogP contribution in [0.25, 0.3) is 0 Å². The summed E-state index contributed by atoms with van der Waals surface area (Å²) in [6.45, 7) is 2.07. The van der Waals surface area contributed by atoms with Crippen molar-refractivity contribution in [2.75, 3.05) is 14.2 Å². The second-order valence-corrected chi connectivity index (χ2v) is 7.52. The molecule has 1 amide bonds. The lowest BCUT2D eigenvalue weighted by Gasteiger charge is -2.20. The van der Waals surface area contributed by atoms with E-state index < -0.39 is 6.04 Å². The molecule has 32 heavy (non-hydrogen) atoms. The van der Waals surface area contributed by atoms with E-state index in [4.69, 9.17) is 9.47 Å². The SMILES string of the molecule is CCc1ccc(C(=O)CCC(=O)NC(c2cc(OC)cc(OC)c2)c2nccn2C)cc1. The van der Waals surface area contributed by atoms with Gasteiger partial charge in [0.1, 0.15) is 23.4 Å². The Kier molecular flexibility index (Phi) is 7.65. The number of nitrogens with zero attached hydrogens (tertiary/aromatic N) is 2. The lowest BCUT2D eigenvalue weighted by atomic mass is 10.0. The van der Waals surface area contributed by atoms with Crippen LogP contribution in [0, 0.1) is 0 Å². The van der Waals surface area contributed by atoms with Gasteiger partial charge in [-0.1, -0.05) is 31.2 Å². The highest BCUT2D eigenvalue weighted by Crippen LogP contribution is 2.29. The largest absolute Gasteiger partial charge is 0.497 e. The van der Waals surface area contributed by atoms with E-state index >= 15 is 0 Å². The van der Waals surface area contributed by atoms with Crippen LogP contribution in [-0.2, 0) is 18.3 Å². The molecule has 168 valence electrons. The molecule has 3 aromatic rings. The van der Waals surface area contributed by atoms with E-state index in [1.165, 1.54) is 5.56 Å². The van der Waals surface area contributed by atoms with Crippen LogP contribution in [0.5, 0.6) is 11.5 Å². The van der Waals surface area contributed by atoms with Crippen molar-refractivity contribution in [1.82, 2.24) is 14.9 Å². The van der Waals surface area contributed by atoms with E-state index in [-0.39, 0.29) is 24.5 Å². The first-order valence-corrected chi connectivity index (χ1v) is 10.6. The van der Waals surface area contributed by atoms with Crippen LogP contribution in [-0.4, -0.2) is 35.5 Å². The number of hydrogen-bond acceptors (Lipinski definition) is 5. The number of aromatic nitrogens is 2. The van der Waals surface area contributed by atoms with Gasteiger partial charge in [0.25, 0.3) is 0 Å². The molecule has 2 aromatic carbocycles. The number of Topliss-reactive ketones (excluding diaryl/α,β-unsaturated/α-hetero) is 1. The smallest absolute Gasteiger partial charge is 0.221 e. The molecule has 0 radical (unpaired) electrons. The average molecular weight is 436 g/mol. The quantitative estimate of drug-likeness (QED) is 0.489. The highest BCUT2D eigenvalue weighted by atomic mass is 16.5. The number of aryl methyl sites for hydroxylation is 2. The van der Waals surface area contributed by atoms with E-state index in [1.54, 1.807) is 26.5 Å². The van der Waals surface area contributed by atoms with Crippen LogP contribution < -0.4 is 14.8 Å². The fourth-order valence-corrected chi connectivity index (χ4v) is 3.48. The zero-order chi connectivity index (χ0) is 23.1. The third kappa shape index (κ3) is 5.55. The number of ether oxygens (including phenoxy) is 2. The summed E-state index contributed by atoms with van der Waals surface area (Å²) in [7, 11) is 5.01. The molecular weight excluding hydrogens is 406 g/mol. The molecule has 0 bridgehead atoms. The predicted octanol–water partition coefficient (Wildman–Crippen LogP) is 3.87. The van der Waals surface area contributed by atoms with Gasteiger partial charge in [-0.2, -0.15) is 0 Å². The molecule has 0 fully saturated rings. The van der Waals surface area contributed by atoms with Crippen molar-refractivity contribution >= 4 is 11.7 Å². The first kappa shape index (κ1) is 23.1. The fraction of sp³-hybridized carbons (Fsp3) is 0.320. The molecule has 7 heteroatoms. The summed E-state index contributed by atoms with van der Waals surface area (Å²) < 4.78 is 12.6. The maximum Gasteiger partial charge on any atom is 0.221 e. The van der Waals surface area contributed by atoms with Gasteiger partial charge in [0, 0.05) is 43.9 Å². The molecule has 0 saturated heterocycles. The zero-order valence-electron chi connectivity index (χ0n) is 18.9. The van der Waals surface area contributed by atoms with Crippen LogP contribution in [0.1, 0.15) is 53.1 Å².